The van der Waals surface area contributed by atoms with Gasteiger partial charge < -0.3 is 15.6 Å². The number of nitrogens with zero attached hydrogens (tertiary/aromatic N) is 1. The Hall–Kier alpha value is -0.650. The number of hydrogen-bond acceptors (Lipinski definition) is 4. The summed E-state index contributed by atoms with van der Waals surface area (Å²) in [7, 11) is 0. The van der Waals surface area contributed by atoms with Gasteiger partial charge in [-0.15, -0.1) is 0 Å². The normalized spacial score (nSPS) is 21.3. The second-order valence-corrected chi connectivity index (χ2v) is 3.19. The van der Waals surface area contributed by atoms with Gasteiger partial charge in [-0.05, 0) is 6.42 Å². The molecule has 0 aromatic carbocycles. The molecule has 1 rings (SSSR count). The third-order valence-electron chi connectivity index (χ3n) is 2.18. The average molecular weight is 188 g/mol. The summed E-state index contributed by atoms with van der Waals surface area (Å²) in [5.41, 5.74) is 5.38. The fourth-order valence-electron chi connectivity index (χ4n) is 1.27. The summed E-state index contributed by atoms with van der Waals surface area (Å²) in [6.07, 6.45) is 0.509. The van der Waals surface area contributed by atoms with E-state index in [1.807, 2.05) is 0 Å². The quantitative estimate of drug-likeness (QED) is 0.599. The monoisotopic (exact) mass is 188 g/mol. The van der Waals surface area contributed by atoms with Crippen LogP contribution in [-0.2, 0) is 9.53 Å². The van der Waals surface area contributed by atoms with Crippen molar-refractivity contribution in [1.29, 1.82) is 0 Å². The van der Waals surface area contributed by atoms with Crippen molar-refractivity contribution in [3.05, 3.63) is 0 Å². The van der Waals surface area contributed by atoms with Crippen molar-refractivity contribution in [3.8, 4) is 0 Å². The minimum atomic E-state index is -0.923. The minimum Gasteiger partial charge on any atom is -0.480 e. The number of morpholine rings is 1. The van der Waals surface area contributed by atoms with Crippen molar-refractivity contribution in [2.45, 2.75) is 12.5 Å². The number of nitrogens with two attached hydrogens (primary N) is 1. The number of rotatable bonds is 4. The second-order valence-electron chi connectivity index (χ2n) is 3.19. The van der Waals surface area contributed by atoms with E-state index in [0.717, 1.165) is 32.8 Å². The highest BCUT2D eigenvalue weighted by Crippen LogP contribution is 1.99. The van der Waals surface area contributed by atoms with Crippen LogP contribution in [-0.4, -0.2) is 54.9 Å². The SMILES string of the molecule is N[C@H](CCN1CCOCC1)C(=O)O. The third-order valence-corrected chi connectivity index (χ3v) is 2.18. The standard InChI is InChI=1S/C8H16N2O3/c9-7(8(11)12)1-2-10-3-5-13-6-4-10/h7H,1-6,9H2,(H,11,12)/t7-/m1/s1. The lowest BCUT2D eigenvalue weighted by atomic mass is 10.2. The molecule has 0 spiro atoms. The van der Waals surface area contributed by atoms with Crippen LogP contribution in [0.4, 0.5) is 0 Å². The van der Waals surface area contributed by atoms with Crippen molar-refractivity contribution >= 4 is 5.97 Å². The number of carbonyl (C=O) groups is 1. The van der Waals surface area contributed by atoms with Crippen LogP contribution < -0.4 is 5.73 Å². The molecule has 76 valence electrons. The molecule has 3 N–H and O–H groups in total. The highest BCUT2D eigenvalue weighted by Gasteiger charge is 2.15. The molecule has 1 aliphatic rings. The predicted molar refractivity (Wildman–Crippen MR) is 47.5 cm³/mol. The van der Waals surface area contributed by atoms with Crippen molar-refractivity contribution in [2.75, 3.05) is 32.8 Å². The summed E-state index contributed by atoms with van der Waals surface area (Å²) in [4.78, 5) is 12.6. The molecule has 0 aromatic heterocycles. The molecule has 0 saturated carbocycles. The molecule has 0 aromatic rings. The first-order chi connectivity index (χ1) is 6.20. The van der Waals surface area contributed by atoms with E-state index in [1.165, 1.54) is 0 Å². The van der Waals surface area contributed by atoms with E-state index in [4.69, 9.17) is 15.6 Å². The molecule has 0 bridgehead atoms. The van der Waals surface area contributed by atoms with E-state index < -0.39 is 12.0 Å². The Kier molecular flexibility index (Phi) is 4.14. The zero-order valence-corrected chi connectivity index (χ0v) is 7.61. The first-order valence-corrected chi connectivity index (χ1v) is 4.48. The van der Waals surface area contributed by atoms with Crippen LogP contribution in [0.2, 0.25) is 0 Å². The van der Waals surface area contributed by atoms with E-state index in [2.05, 4.69) is 4.90 Å². The van der Waals surface area contributed by atoms with Gasteiger partial charge in [0.1, 0.15) is 6.04 Å². The average Bonchev–Trinajstić information content (AvgIpc) is 2.15. The van der Waals surface area contributed by atoms with Crippen LogP contribution in [0.3, 0.4) is 0 Å². The maximum absolute atomic E-state index is 10.4. The minimum absolute atomic E-state index is 0.509. The van der Waals surface area contributed by atoms with Gasteiger partial charge in [0.15, 0.2) is 0 Å². The Morgan fingerprint density at radius 1 is 1.54 bits per heavy atom. The Morgan fingerprint density at radius 2 is 2.15 bits per heavy atom. The summed E-state index contributed by atoms with van der Waals surface area (Å²) < 4.78 is 5.16. The molecular weight excluding hydrogens is 172 g/mol. The summed E-state index contributed by atoms with van der Waals surface area (Å²) in [5, 5.41) is 8.54. The Bertz CT molecular complexity index is 169. The Morgan fingerprint density at radius 3 is 2.69 bits per heavy atom. The summed E-state index contributed by atoms with van der Waals surface area (Å²) in [6, 6.07) is -0.733. The molecule has 0 radical (unpaired) electrons. The number of aliphatic carboxylic acids is 1. The van der Waals surface area contributed by atoms with Crippen molar-refractivity contribution < 1.29 is 14.6 Å². The number of hydrogen-bond donors (Lipinski definition) is 2. The molecule has 1 fully saturated rings. The molecule has 1 atom stereocenters. The maximum Gasteiger partial charge on any atom is 0.320 e. The van der Waals surface area contributed by atoms with Gasteiger partial charge in [0, 0.05) is 19.6 Å². The summed E-state index contributed by atoms with van der Waals surface area (Å²) >= 11 is 0. The molecule has 1 saturated heterocycles. The van der Waals surface area contributed by atoms with Crippen LogP contribution in [0.25, 0.3) is 0 Å². The fraction of sp³-hybridized carbons (Fsp3) is 0.875. The lowest BCUT2D eigenvalue weighted by Gasteiger charge is -2.26. The highest BCUT2D eigenvalue weighted by molar-refractivity contribution is 5.72. The largest absolute Gasteiger partial charge is 0.480 e. The molecule has 0 amide bonds. The van der Waals surface area contributed by atoms with Crippen LogP contribution in [0.1, 0.15) is 6.42 Å². The third kappa shape index (κ3) is 3.71. The molecule has 5 heteroatoms. The van der Waals surface area contributed by atoms with Gasteiger partial charge in [0.05, 0.1) is 13.2 Å². The zero-order chi connectivity index (χ0) is 9.68. The number of ether oxygens (including phenoxy) is 1. The van der Waals surface area contributed by atoms with Crippen LogP contribution in [0.15, 0.2) is 0 Å². The topological polar surface area (TPSA) is 75.8 Å². The van der Waals surface area contributed by atoms with Gasteiger partial charge in [0.25, 0.3) is 0 Å². The molecule has 13 heavy (non-hydrogen) atoms. The van der Waals surface area contributed by atoms with Gasteiger partial charge in [0.2, 0.25) is 0 Å². The molecule has 0 aliphatic carbocycles. The lowest BCUT2D eigenvalue weighted by molar-refractivity contribution is -0.138. The van der Waals surface area contributed by atoms with Crippen molar-refractivity contribution in [3.63, 3.8) is 0 Å². The maximum atomic E-state index is 10.4. The molecule has 1 heterocycles. The summed E-state index contributed by atoms with van der Waals surface area (Å²) in [5.74, 6) is -0.923. The molecule has 1 aliphatic heterocycles. The van der Waals surface area contributed by atoms with Crippen molar-refractivity contribution in [1.82, 2.24) is 4.90 Å². The molecular formula is C8H16N2O3. The Balaban J connectivity index is 2.13. The summed E-state index contributed by atoms with van der Waals surface area (Å²) in [6.45, 7) is 3.99. The Labute approximate surface area is 77.5 Å². The van der Waals surface area contributed by atoms with Crippen LogP contribution in [0.5, 0.6) is 0 Å². The van der Waals surface area contributed by atoms with E-state index in [9.17, 15) is 4.79 Å². The first-order valence-electron chi connectivity index (χ1n) is 4.48. The van der Waals surface area contributed by atoms with Gasteiger partial charge in [-0.25, -0.2) is 0 Å². The van der Waals surface area contributed by atoms with Gasteiger partial charge in [-0.3, -0.25) is 9.69 Å². The highest BCUT2D eigenvalue weighted by atomic mass is 16.5. The lowest BCUT2D eigenvalue weighted by Crippen LogP contribution is -2.40. The van der Waals surface area contributed by atoms with Crippen LogP contribution in [0, 0.1) is 0 Å². The van der Waals surface area contributed by atoms with Crippen LogP contribution >= 0.6 is 0 Å². The van der Waals surface area contributed by atoms with E-state index in [0.29, 0.717) is 6.42 Å². The zero-order valence-electron chi connectivity index (χ0n) is 7.61. The second kappa shape index (κ2) is 5.16. The molecule has 0 unspecified atom stereocenters. The van der Waals surface area contributed by atoms with Gasteiger partial charge in [-0.1, -0.05) is 0 Å². The first kappa shape index (κ1) is 10.4. The van der Waals surface area contributed by atoms with Gasteiger partial charge >= 0.3 is 5.97 Å². The predicted octanol–water partition coefficient (Wildman–Crippen LogP) is -0.879. The molecule has 5 nitrogen and oxygen atoms in total. The van der Waals surface area contributed by atoms with Gasteiger partial charge in [-0.2, -0.15) is 0 Å². The van der Waals surface area contributed by atoms with E-state index in [1.54, 1.807) is 0 Å². The number of carboxylic acids is 1. The van der Waals surface area contributed by atoms with Crippen molar-refractivity contribution in [2.24, 2.45) is 5.73 Å². The van der Waals surface area contributed by atoms with E-state index in [-0.39, 0.29) is 0 Å². The fourth-order valence-corrected chi connectivity index (χ4v) is 1.27. The smallest absolute Gasteiger partial charge is 0.320 e. The van der Waals surface area contributed by atoms with E-state index >= 15 is 0 Å². The number of carboxylic acid groups (broad SMARTS) is 1.